The van der Waals surface area contributed by atoms with E-state index in [1.807, 2.05) is 25.1 Å². The first-order valence-corrected chi connectivity index (χ1v) is 12.0. The standard InChI is InChI=1S/C29H25NO8/c1-15-5-7-19-18(9-15)26(31)24-25(17-11-22(33-2)27(35-4)23(12-17)34-3)30(29(32)28(24)38-19)13-16-6-8-20-21(10-16)37-14-36-20/h5-12,25H,13-14H2,1-4H3/t25-/m0/s1. The average Bonchev–Trinajstić information content (AvgIpc) is 3.51. The van der Waals surface area contributed by atoms with Crippen LogP contribution in [0.25, 0.3) is 11.0 Å². The molecule has 0 fully saturated rings. The van der Waals surface area contributed by atoms with Crippen molar-refractivity contribution in [1.29, 1.82) is 0 Å². The van der Waals surface area contributed by atoms with Gasteiger partial charge in [-0.2, -0.15) is 0 Å². The van der Waals surface area contributed by atoms with Crippen LogP contribution in [0.3, 0.4) is 0 Å². The third-order valence-electron chi connectivity index (χ3n) is 6.91. The van der Waals surface area contributed by atoms with Crippen molar-refractivity contribution in [1.82, 2.24) is 4.90 Å². The van der Waals surface area contributed by atoms with Gasteiger partial charge in [0.05, 0.1) is 38.3 Å². The molecule has 9 nitrogen and oxygen atoms in total. The lowest BCUT2D eigenvalue weighted by atomic mass is 9.97. The molecule has 0 saturated heterocycles. The van der Waals surface area contributed by atoms with Crippen LogP contribution < -0.4 is 29.1 Å². The molecule has 2 aliphatic heterocycles. The molecule has 3 aromatic carbocycles. The molecule has 1 atom stereocenters. The number of hydrogen-bond donors (Lipinski definition) is 0. The summed E-state index contributed by atoms with van der Waals surface area (Å²) < 4.78 is 33.7. The molecular formula is C29H25NO8. The van der Waals surface area contributed by atoms with E-state index in [1.165, 1.54) is 21.3 Å². The maximum Gasteiger partial charge on any atom is 0.291 e. The Morgan fingerprint density at radius 3 is 2.34 bits per heavy atom. The quantitative estimate of drug-likeness (QED) is 0.368. The van der Waals surface area contributed by atoms with Crippen LogP contribution in [0.1, 0.15) is 38.9 Å². The van der Waals surface area contributed by atoms with Crippen molar-refractivity contribution >= 4 is 16.9 Å². The van der Waals surface area contributed by atoms with Gasteiger partial charge < -0.3 is 33.0 Å². The van der Waals surface area contributed by atoms with E-state index < -0.39 is 11.9 Å². The van der Waals surface area contributed by atoms with Gasteiger partial charge in [-0.05, 0) is 54.4 Å². The second kappa shape index (κ2) is 9.02. The minimum Gasteiger partial charge on any atom is -0.493 e. The monoisotopic (exact) mass is 515 g/mol. The van der Waals surface area contributed by atoms with Gasteiger partial charge in [0.25, 0.3) is 5.91 Å². The maximum atomic E-state index is 13.9. The predicted octanol–water partition coefficient (Wildman–Crippen LogP) is 4.60. The molecule has 38 heavy (non-hydrogen) atoms. The summed E-state index contributed by atoms with van der Waals surface area (Å²) >= 11 is 0. The van der Waals surface area contributed by atoms with Gasteiger partial charge in [0.2, 0.25) is 18.3 Å². The number of carbonyl (C=O) groups excluding carboxylic acids is 1. The molecule has 0 unspecified atom stereocenters. The highest BCUT2D eigenvalue weighted by molar-refractivity contribution is 5.99. The van der Waals surface area contributed by atoms with E-state index >= 15 is 0 Å². The molecule has 194 valence electrons. The van der Waals surface area contributed by atoms with E-state index in [-0.39, 0.29) is 30.1 Å². The lowest BCUT2D eigenvalue weighted by molar-refractivity contribution is 0.0713. The number of nitrogens with zero attached hydrogens (tertiary/aromatic N) is 1. The molecule has 3 heterocycles. The van der Waals surface area contributed by atoms with Crippen LogP contribution >= 0.6 is 0 Å². The van der Waals surface area contributed by atoms with E-state index in [0.29, 0.717) is 45.3 Å². The summed E-state index contributed by atoms with van der Waals surface area (Å²) in [5.74, 6) is 2.10. The second-order valence-electron chi connectivity index (χ2n) is 9.16. The van der Waals surface area contributed by atoms with E-state index in [9.17, 15) is 9.59 Å². The Balaban J connectivity index is 1.56. The molecule has 4 aromatic rings. The molecule has 1 amide bonds. The molecule has 0 N–H and O–H groups in total. The molecule has 1 aromatic heterocycles. The number of rotatable bonds is 6. The van der Waals surface area contributed by atoms with Gasteiger partial charge in [-0.25, -0.2) is 0 Å². The Morgan fingerprint density at radius 2 is 1.63 bits per heavy atom. The van der Waals surface area contributed by atoms with Crippen molar-refractivity contribution in [2.24, 2.45) is 0 Å². The molecule has 9 heteroatoms. The normalized spacial score (nSPS) is 15.6. The molecule has 0 spiro atoms. The maximum absolute atomic E-state index is 13.9. The van der Waals surface area contributed by atoms with Gasteiger partial charge in [0, 0.05) is 6.54 Å². The number of hydrogen-bond acceptors (Lipinski definition) is 8. The summed E-state index contributed by atoms with van der Waals surface area (Å²) in [4.78, 5) is 29.4. The smallest absolute Gasteiger partial charge is 0.291 e. The van der Waals surface area contributed by atoms with Crippen LogP contribution in [-0.4, -0.2) is 38.9 Å². The lowest BCUT2D eigenvalue weighted by Crippen LogP contribution is -2.29. The zero-order chi connectivity index (χ0) is 26.6. The SMILES string of the molecule is COc1cc([C@H]2c3c(oc4ccc(C)cc4c3=O)C(=O)N2Cc2ccc3c(c2)OCO3)cc(OC)c1OC. The summed E-state index contributed by atoms with van der Waals surface area (Å²) in [7, 11) is 4.55. The number of benzene rings is 3. The van der Waals surface area contributed by atoms with Crippen LogP contribution in [0.2, 0.25) is 0 Å². The second-order valence-corrected chi connectivity index (χ2v) is 9.16. The molecule has 0 saturated carbocycles. The number of methoxy groups -OCH3 is 3. The summed E-state index contributed by atoms with van der Waals surface area (Å²) in [5.41, 5.74) is 2.71. The summed E-state index contributed by atoms with van der Waals surface area (Å²) in [5, 5.41) is 0.416. The highest BCUT2D eigenvalue weighted by Crippen LogP contribution is 2.46. The summed E-state index contributed by atoms with van der Waals surface area (Å²) in [6, 6.07) is 13.6. The number of fused-ring (bicyclic) bond motifs is 3. The third kappa shape index (κ3) is 3.61. The first kappa shape index (κ1) is 23.7. The molecule has 6 rings (SSSR count). The van der Waals surface area contributed by atoms with Gasteiger partial charge in [-0.1, -0.05) is 17.7 Å². The zero-order valence-electron chi connectivity index (χ0n) is 21.3. The molecule has 0 radical (unpaired) electrons. The number of aryl methyl sites for hydroxylation is 1. The minimum absolute atomic E-state index is 0.0193. The Bertz CT molecular complexity index is 1630. The van der Waals surface area contributed by atoms with E-state index in [1.54, 1.807) is 35.2 Å². The molecule has 0 aliphatic carbocycles. The Labute approximate surface area is 218 Å². The van der Waals surface area contributed by atoms with Crippen LogP contribution in [0.15, 0.2) is 57.7 Å². The van der Waals surface area contributed by atoms with Crippen LogP contribution in [0.5, 0.6) is 28.7 Å². The molecule has 0 bridgehead atoms. The van der Waals surface area contributed by atoms with Crippen LogP contribution in [-0.2, 0) is 6.54 Å². The van der Waals surface area contributed by atoms with Crippen LogP contribution in [0, 0.1) is 6.92 Å². The Kier molecular flexibility index (Phi) is 5.63. The van der Waals surface area contributed by atoms with Crippen molar-refractivity contribution in [3.05, 3.63) is 86.8 Å². The fourth-order valence-corrected chi connectivity index (χ4v) is 5.14. The average molecular weight is 516 g/mol. The zero-order valence-corrected chi connectivity index (χ0v) is 21.3. The van der Waals surface area contributed by atoms with Gasteiger partial charge >= 0.3 is 0 Å². The van der Waals surface area contributed by atoms with E-state index in [2.05, 4.69) is 0 Å². The highest BCUT2D eigenvalue weighted by Gasteiger charge is 2.43. The van der Waals surface area contributed by atoms with Crippen molar-refractivity contribution in [3.63, 3.8) is 0 Å². The van der Waals surface area contributed by atoms with Crippen LogP contribution in [0.4, 0.5) is 0 Å². The van der Waals surface area contributed by atoms with Crippen molar-refractivity contribution < 1.29 is 32.9 Å². The number of ether oxygens (including phenoxy) is 5. The van der Waals surface area contributed by atoms with Gasteiger partial charge in [0.15, 0.2) is 28.4 Å². The lowest BCUT2D eigenvalue weighted by Gasteiger charge is -2.26. The van der Waals surface area contributed by atoms with Crippen molar-refractivity contribution in [2.45, 2.75) is 19.5 Å². The Hall–Kier alpha value is -4.66. The minimum atomic E-state index is -0.766. The van der Waals surface area contributed by atoms with Gasteiger partial charge in [-0.3, -0.25) is 9.59 Å². The van der Waals surface area contributed by atoms with E-state index in [4.69, 9.17) is 28.1 Å². The number of amides is 1. The Morgan fingerprint density at radius 1 is 0.895 bits per heavy atom. The highest BCUT2D eigenvalue weighted by atomic mass is 16.7. The predicted molar refractivity (Wildman–Crippen MR) is 138 cm³/mol. The fourth-order valence-electron chi connectivity index (χ4n) is 5.14. The van der Waals surface area contributed by atoms with Gasteiger partial charge in [0.1, 0.15) is 5.58 Å². The molecule has 2 aliphatic rings. The van der Waals surface area contributed by atoms with Gasteiger partial charge in [-0.15, -0.1) is 0 Å². The van der Waals surface area contributed by atoms with E-state index in [0.717, 1.165) is 11.1 Å². The largest absolute Gasteiger partial charge is 0.493 e. The van der Waals surface area contributed by atoms with Crippen molar-refractivity contribution in [2.75, 3.05) is 28.1 Å². The summed E-state index contributed by atoms with van der Waals surface area (Å²) in [6.45, 7) is 2.24. The number of carbonyl (C=O) groups is 1. The first-order chi connectivity index (χ1) is 18.4. The fraction of sp³-hybridized carbons (Fsp3) is 0.241. The van der Waals surface area contributed by atoms with Crippen molar-refractivity contribution in [3.8, 4) is 28.7 Å². The third-order valence-corrected chi connectivity index (χ3v) is 6.91. The molecular weight excluding hydrogens is 490 g/mol. The topological polar surface area (TPSA) is 96.7 Å². The first-order valence-electron chi connectivity index (χ1n) is 12.0. The summed E-state index contributed by atoms with van der Waals surface area (Å²) in [6.07, 6.45) is 0.